The smallest absolute Gasteiger partial charge is 0.255 e. The predicted octanol–water partition coefficient (Wildman–Crippen LogP) is 7.12. The molecule has 3 aromatic carbocycles. The molecule has 0 atom stereocenters. The average molecular weight is 553 g/mol. The highest BCUT2D eigenvalue weighted by Crippen LogP contribution is 2.29. The Bertz CT molecular complexity index is 1760. The number of aryl methyl sites for hydroxylation is 2. The lowest BCUT2D eigenvalue weighted by atomic mass is 10.1. The van der Waals surface area contributed by atoms with Crippen LogP contribution in [0.2, 0.25) is 0 Å². The molecule has 0 aliphatic rings. The molecule has 0 aliphatic carbocycles. The molecule has 5 aromatic rings. The van der Waals surface area contributed by atoms with E-state index in [0.29, 0.717) is 17.8 Å². The maximum atomic E-state index is 14.2. The fraction of sp³-hybridized carbons (Fsp3) is 0.200. The van der Waals surface area contributed by atoms with Crippen LogP contribution in [0.15, 0.2) is 48.5 Å². The number of rotatable bonds is 6. The molecule has 0 radical (unpaired) electrons. The zero-order valence-electron chi connectivity index (χ0n) is 22.2. The Balaban J connectivity index is 1.43. The van der Waals surface area contributed by atoms with E-state index < -0.39 is 47.1 Å². The minimum absolute atomic E-state index is 0.281. The SMILES string of the molecule is Cc1nn(Cc2c(F)c(F)c(F)c(F)c2F)c(C)c1NC(=O)c1ccc2c(c1)c(C)c(C)n2Cc1ccccc1. The Labute approximate surface area is 226 Å². The quantitative estimate of drug-likeness (QED) is 0.139. The van der Waals surface area contributed by atoms with E-state index in [0.717, 1.165) is 32.4 Å². The van der Waals surface area contributed by atoms with Gasteiger partial charge in [0.05, 0.1) is 29.2 Å². The van der Waals surface area contributed by atoms with Crippen molar-refractivity contribution in [2.75, 3.05) is 5.32 Å². The first-order chi connectivity index (χ1) is 19.0. The summed E-state index contributed by atoms with van der Waals surface area (Å²) in [5, 5.41) is 7.87. The molecule has 1 N–H and O–H groups in total. The van der Waals surface area contributed by atoms with E-state index in [1.807, 2.05) is 38.1 Å². The lowest BCUT2D eigenvalue weighted by Gasteiger charge is -2.11. The van der Waals surface area contributed by atoms with Crippen molar-refractivity contribution in [1.29, 1.82) is 0 Å². The van der Waals surface area contributed by atoms with E-state index in [-0.39, 0.29) is 11.4 Å². The van der Waals surface area contributed by atoms with Gasteiger partial charge < -0.3 is 9.88 Å². The number of fused-ring (bicyclic) bond motifs is 1. The number of hydrogen-bond donors (Lipinski definition) is 1. The van der Waals surface area contributed by atoms with E-state index in [4.69, 9.17) is 0 Å². The third kappa shape index (κ3) is 4.53. The van der Waals surface area contributed by atoms with Crippen molar-refractivity contribution in [1.82, 2.24) is 14.3 Å². The zero-order chi connectivity index (χ0) is 28.9. The molecule has 206 valence electrons. The van der Waals surface area contributed by atoms with Crippen LogP contribution in [0.5, 0.6) is 0 Å². The van der Waals surface area contributed by atoms with E-state index in [9.17, 15) is 26.7 Å². The fourth-order valence-electron chi connectivity index (χ4n) is 4.92. The highest BCUT2D eigenvalue weighted by molar-refractivity contribution is 6.07. The Kier molecular flexibility index (Phi) is 6.95. The van der Waals surface area contributed by atoms with E-state index in [1.165, 1.54) is 6.92 Å². The second-order valence-corrected chi connectivity index (χ2v) is 9.72. The van der Waals surface area contributed by atoms with Crippen LogP contribution in [0.4, 0.5) is 27.6 Å². The summed E-state index contributed by atoms with van der Waals surface area (Å²) in [5.41, 5.74) is 4.52. The first kappa shape index (κ1) is 27.1. The molecule has 0 saturated heterocycles. The van der Waals surface area contributed by atoms with Gasteiger partial charge in [-0.25, -0.2) is 22.0 Å². The maximum absolute atomic E-state index is 14.2. The molecule has 2 heterocycles. The summed E-state index contributed by atoms with van der Waals surface area (Å²) in [4.78, 5) is 13.2. The van der Waals surface area contributed by atoms with Crippen LogP contribution in [-0.2, 0) is 13.1 Å². The highest BCUT2D eigenvalue weighted by atomic mass is 19.2. The van der Waals surface area contributed by atoms with Crippen molar-refractivity contribution in [2.45, 2.75) is 40.8 Å². The number of nitrogens with one attached hydrogen (secondary N) is 1. The molecule has 40 heavy (non-hydrogen) atoms. The average Bonchev–Trinajstić information content (AvgIpc) is 3.35. The number of nitrogens with zero attached hydrogens (tertiary/aromatic N) is 3. The van der Waals surface area contributed by atoms with Gasteiger partial charge in [-0.1, -0.05) is 30.3 Å². The number of benzene rings is 3. The minimum Gasteiger partial charge on any atom is -0.340 e. The second kappa shape index (κ2) is 10.3. The van der Waals surface area contributed by atoms with Gasteiger partial charge in [-0.05, 0) is 57.0 Å². The van der Waals surface area contributed by atoms with Crippen LogP contribution in [0.3, 0.4) is 0 Å². The van der Waals surface area contributed by atoms with Gasteiger partial charge >= 0.3 is 0 Å². The second-order valence-electron chi connectivity index (χ2n) is 9.72. The molecular formula is C30H25F5N4O. The van der Waals surface area contributed by atoms with Crippen LogP contribution < -0.4 is 5.32 Å². The highest BCUT2D eigenvalue weighted by Gasteiger charge is 2.27. The molecule has 5 rings (SSSR count). The zero-order valence-corrected chi connectivity index (χ0v) is 22.2. The Morgan fingerprint density at radius 2 is 1.43 bits per heavy atom. The fourth-order valence-corrected chi connectivity index (χ4v) is 4.92. The number of anilines is 1. The number of hydrogen-bond acceptors (Lipinski definition) is 2. The summed E-state index contributed by atoms with van der Waals surface area (Å²) in [5.74, 6) is -10.6. The number of carbonyl (C=O) groups is 1. The van der Waals surface area contributed by atoms with E-state index in [2.05, 4.69) is 27.1 Å². The summed E-state index contributed by atoms with van der Waals surface area (Å²) in [6, 6.07) is 15.5. The number of aromatic nitrogens is 3. The first-order valence-corrected chi connectivity index (χ1v) is 12.5. The number of halogens is 5. The third-order valence-electron chi connectivity index (χ3n) is 7.31. The Hall–Kier alpha value is -4.47. The van der Waals surface area contributed by atoms with Gasteiger partial charge in [-0.15, -0.1) is 0 Å². The number of amides is 1. The van der Waals surface area contributed by atoms with Gasteiger partial charge in [0.2, 0.25) is 5.82 Å². The summed E-state index contributed by atoms with van der Waals surface area (Å²) in [6.07, 6.45) is 0. The van der Waals surface area contributed by atoms with Gasteiger partial charge in [0.15, 0.2) is 23.3 Å². The van der Waals surface area contributed by atoms with Crippen LogP contribution in [0.1, 0.15) is 44.1 Å². The summed E-state index contributed by atoms with van der Waals surface area (Å²) in [6.45, 7) is 7.10. The van der Waals surface area contributed by atoms with Crippen molar-refractivity contribution in [2.24, 2.45) is 0 Å². The van der Waals surface area contributed by atoms with E-state index >= 15 is 0 Å². The van der Waals surface area contributed by atoms with Crippen LogP contribution >= 0.6 is 0 Å². The van der Waals surface area contributed by atoms with Crippen molar-refractivity contribution < 1.29 is 26.7 Å². The molecule has 0 spiro atoms. The monoisotopic (exact) mass is 552 g/mol. The molecule has 5 nitrogen and oxygen atoms in total. The first-order valence-electron chi connectivity index (χ1n) is 12.5. The normalized spacial score (nSPS) is 11.4. The Morgan fingerprint density at radius 1 is 0.800 bits per heavy atom. The standard InChI is InChI=1S/C30H25F5N4O/c1-15-17(3)38(13-19-8-6-5-7-9-19)23-11-10-20(12-21(15)23)30(40)36-29-16(2)37-39(18(29)4)14-22-24(31)26(33)28(35)27(34)25(22)32/h5-12H,13-14H2,1-4H3,(H,36,40). The summed E-state index contributed by atoms with van der Waals surface area (Å²) in [7, 11) is 0. The molecule has 0 fully saturated rings. The van der Waals surface area contributed by atoms with Crippen LogP contribution in [0, 0.1) is 56.8 Å². The van der Waals surface area contributed by atoms with Crippen LogP contribution in [0.25, 0.3) is 10.9 Å². The van der Waals surface area contributed by atoms with Crippen molar-refractivity contribution >= 4 is 22.5 Å². The lowest BCUT2D eigenvalue weighted by molar-refractivity contribution is 0.102. The summed E-state index contributed by atoms with van der Waals surface area (Å²) < 4.78 is 72.5. The van der Waals surface area contributed by atoms with Gasteiger partial charge in [0.25, 0.3) is 5.91 Å². The molecule has 2 aromatic heterocycles. The molecule has 10 heteroatoms. The maximum Gasteiger partial charge on any atom is 0.255 e. The molecule has 0 aliphatic heterocycles. The molecular weight excluding hydrogens is 527 g/mol. The summed E-state index contributed by atoms with van der Waals surface area (Å²) >= 11 is 0. The van der Waals surface area contributed by atoms with Gasteiger partial charge in [0, 0.05) is 28.7 Å². The Morgan fingerprint density at radius 3 is 2.08 bits per heavy atom. The molecule has 0 unspecified atom stereocenters. The molecule has 0 bridgehead atoms. The number of carbonyl (C=O) groups excluding carboxylic acids is 1. The molecule has 0 saturated carbocycles. The topological polar surface area (TPSA) is 51.9 Å². The van der Waals surface area contributed by atoms with Crippen molar-refractivity contribution in [3.63, 3.8) is 0 Å². The minimum atomic E-state index is -2.22. The van der Waals surface area contributed by atoms with Gasteiger partial charge in [0.1, 0.15) is 0 Å². The van der Waals surface area contributed by atoms with Crippen LogP contribution in [-0.4, -0.2) is 20.3 Å². The lowest BCUT2D eigenvalue weighted by Crippen LogP contribution is -2.14. The third-order valence-corrected chi connectivity index (χ3v) is 7.31. The molecule has 1 amide bonds. The largest absolute Gasteiger partial charge is 0.340 e. The van der Waals surface area contributed by atoms with E-state index in [1.54, 1.807) is 19.1 Å². The van der Waals surface area contributed by atoms with Crippen molar-refractivity contribution in [3.8, 4) is 0 Å². The van der Waals surface area contributed by atoms with Gasteiger partial charge in [-0.3, -0.25) is 9.48 Å². The van der Waals surface area contributed by atoms with Gasteiger partial charge in [-0.2, -0.15) is 5.10 Å². The van der Waals surface area contributed by atoms with Crippen molar-refractivity contribution in [3.05, 3.63) is 117 Å². The predicted molar refractivity (Wildman–Crippen MR) is 142 cm³/mol.